The van der Waals surface area contributed by atoms with Gasteiger partial charge in [0.15, 0.2) is 0 Å². The second-order valence-electron chi connectivity index (χ2n) is 7.27. The Morgan fingerprint density at radius 3 is 2.52 bits per heavy atom. The predicted molar refractivity (Wildman–Crippen MR) is 125 cm³/mol. The first-order valence-electron chi connectivity index (χ1n) is 10.5. The summed E-state index contributed by atoms with van der Waals surface area (Å²) in [6.45, 7) is 0.567. The molecule has 0 aliphatic heterocycles. The van der Waals surface area contributed by atoms with Crippen LogP contribution in [0.5, 0.6) is 5.75 Å². The molecule has 0 spiro atoms. The van der Waals surface area contributed by atoms with E-state index in [1.807, 2.05) is 36.4 Å². The van der Waals surface area contributed by atoms with Crippen LogP contribution in [0, 0.1) is 21.4 Å². The second-order valence-corrected chi connectivity index (χ2v) is 7.27. The summed E-state index contributed by atoms with van der Waals surface area (Å²) in [6.07, 6.45) is 3.08. The average Bonchev–Trinajstić information content (AvgIpc) is 2.85. The predicted octanol–water partition coefficient (Wildman–Crippen LogP) is 4.83. The number of hydrogen-bond acceptors (Lipinski definition) is 5. The van der Waals surface area contributed by atoms with Crippen molar-refractivity contribution in [3.63, 3.8) is 0 Å². The topological polar surface area (TPSA) is 105 Å². The van der Waals surface area contributed by atoms with Gasteiger partial charge in [-0.25, -0.2) is 0 Å². The van der Waals surface area contributed by atoms with Crippen LogP contribution in [0.1, 0.15) is 23.1 Å². The van der Waals surface area contributed by atoms with Crippen molar-refractivity contribution in [2.75, 3.05) is 6.54 Å². The molecular formula is C26H23N3O4. The first kappa shape index (κ1) is 23.2. The molecule has 0 aliphatic rings. The Hall–Kier alpha value is -4.44. The minimum Gasteiger partial charge on any atom is -0.488 e. The number of para-hydroxylation sites is 1. The summed E-state index contributed by atoms with van der Waals surface area (Å²) in [5.41, 5.74) is 2.36. The molecule has 3 aromatic rings. The summed E-state index contributed by atoms with van der Waals surface area (Å²) in [7, 11) is 0. The van der Waals surface area contributed by atoms with Crippen LogP contribution in [0.15, 0.2) is 84.4 Å². The number of benzene rings is 3. The molecule has 7 nitrogen and oxygen atoms in total. The molecule has 0 saturated heterocycles. The van der Waals surface area contributed by atoms with Crippen LogP contribution in [0.2, 0.25) is 0 Å². The molecule has 33 heavy (non-hydrogen) atoms. The minimum absolute atomic E-state index is 0.0139. The third kappa shape index (κ3) is 7.04. The molecule has 7 heteroatoms. The summed E-state index contributed by atoms with van der Waals surface area (Å²) in [5, 5.41) is 23.2. The van der Waals surface area contributed by atoms with Gasteiger partial charge >= 0.3 is 0 Å². The highest BCUT2D eigenvalue weighted by Gasteiger charge is 2.11. The molecule has 1 amide bonds. The first-order chi connectivity index (χ1) is 16.1. The Kier molecular flexibility index (Phi) is 8.32. The number of non-ortho nitro benzene ring substituents is 1. The molecule has 0 unspecified atom stereocenters. The van der Waals surface area contributed by atoms with Crippen molar-refractivity contribution in [1.82, 2.24) is 5.32 Å². The highest BCUT2D eigenvalue weighted by Crippen LogP contribution is 2.23. The molecule has 0 radical (unpaired) electrons. The Morgan fingerprint density at radius 2 is 1.76 bits per heavy atom. The van der Waals surface area contributed by atoms with Gasteiger partial charge in [-0.2, -0.15) is 5.26 Å². The fourth-order valence-electron chi connectivity index (χ4n) is 3.19. The average molecular weight is 441 g/mol. The lowest BCUT2D eigenvalue weighted by Gasteiger charge is -2.10. The van der Waals surface area contributed by atoms with Gasteiger partial charge in [-0.05, 0) is 36.1 Å². The van der Waals surface area contributed by atoms with Crippen molar-refractivity contribution in [1.29, 1.82) is 5.26 Å². The van der Waals surface area contributed by atoms with Gasteiger partial charge in [0.1, 0.15) is 24.0 Å². The molecule has 0 fully saturated rings. The van der Waals surface area contributed by atoms with Crippen LogP contribution in [0.25, 0.3) is 6.08 Å². The van der Waals surface area contributed by atoms with Crippen LogP contribution in [0.3, 0.4) is 0 Å². The number of rotatable bonds is 10. The lowest BCUT2D eigenvalue weighted by molar-refractivity contribution is -0.384. The fraction of sp³-hybridized carbons (Fsp3) is 0.154. The monoisotopic (exact) mass is 441 g/mol. The number of carbonyl (C=O) groups is 1. The number of nitriles is 1. The van der Waals surface area contributed by atoms with E-state index in [0.29, 0.717) is 23.4 Å². The molecule has 166 valence electrons. The van der Waals surface area contributed by atoms with E-state index in [1.165, 1.54) is 23.8 Å². The van der Waals surface area contributed by atoms with Crippen molar-refractivity contribution < 1.29 is 14.5 Å². The summed E-state index contributed by atoms with van der Waals surface area (Å²) in [5.74, 6) is 0.0210. The highest BCUT2D eigenvalue weighted by atomic mass is 16.6. The van der Waals surface area contributed by atoms with E-state index in [0.717, 1.165) is 12.8 Å². The smallest absolute Gasteiger partial charge is 0.269 e. The number of ether oxygens (including phenoxy) is 1. The molecule has 3 rings (SSSR count). The fourth-order valence-corrected chi connectivity index (χ4v) is 3.19. The zero-order valence-corrected chi connectivity index (χ0v) is 17.9. The summed E-state index contributed by atoms with van der Waals surface area (Å²) in [4.78, 5) is 23.0. The molecule has 0 aliphatic carbocycles. The van der Waals surface area contributed by atoms with Gasteiger partial charge < -0.3 is 10.1 Å². The van der Waals surface area contributed by atoms with E-state index in [4.69, 9.17) is 4.74 Å². The number of nitrogens with one attached hydrogen (secondary N) is 1. The Bertz CT molecular complexity index is 1180. The number of nitro groups is 1. The summed E-state index contributed by atoms with van der Waals surface area (Å²) in [6, 6.07) is 25.1. The third-order valence-corrected chi connectivity index (χ3v) is 4.87. The highest BCUT2D eigenvalue weighted by molar-refractivity contribution is 6.01. The van der Waals surface area contributed by atoms with E-state index in [2.05, 4.69) is 5.32 Å². The van der Waals surface area contributed by atoms with Gasteiger partial charge in [0.2, 0.25) is 0 Å². The number of nitrogens with zero attached hydrogens (tertiary/aromatic N) is 2. The number of aryl methyl sites for hydroxylation is 1. The van der Waals surface area contributed by atoms with Gasteiger partial charge in [0, 0.05) is 24.2 Å². The van der Waals surface area contributed by atoms with E-state index in [9.17, 15) is 20.2 Å². The van der Waals surface area contributed by atoms with Gasteiger partial charge in [-0.3, -0.25) is 14.9 Å². The largest absolute Gasteiger partial charge is 0.488 e. The maximum absolute atomic E-state index is 12.5. The van der Waals surface area contributed by atoms with Crippen LogP contribution >= 0.6 is 0 Å². The minimum atomic E-state index is -0.460. The van der Waals surface area contributed by atoms with Crippen molar-refractivity contribution in [3.05, 3.63) is 111 Å². The van der Waals surface area contributed by atoms with Crippen LogP contribution in [0.4, 0.5) is 5.69 Å². The van der Waals surface area contributed by atoms with Gasteiger partial charge in [-0.15, -0.1) is 0 Å². The van der Waals surface area contributed by atoms with Crippen molar-refractivity contribution >= 4 is 17.7 Å². The number of carbonyl (C=O) groups excluding carboxylic acids is 1. The maximum atomic E-state index is 12.5. The summed E-state index contributed by atoms with van der Waals surface area (Å²) < 4.78 is 5.82. The van der Waals surface area contributed by atoms with Crippen molar-refractivity contribution in [2.24, 2.45) is 0 Å². The number of hydrogen-bond donors (Lipinski definition) is 1. The SMILES string of the molecule is N#C/C(=C/c1ccccc1OCc1cccc([N+](=O)[O-])c1)C(=O)NCCCc1ccccc1. The Labute approximate surface area is 192 Å². The molecule has 0 atom stereocenters. The van der Waals surface area contributed by atoms with Gasteiger partial charge in [-0.1, -0.05) is 60.7 Å². The zero-order valence-electron chi connectivity index (χ0n) is 17.9. The van der Waals surface area contributed by atoms with Crippen LogP contribution < -0.4 is 10.1 Å². The standard InChI is InChI=1S/C26H23N3O4/c27-18-23(26(30)28-15-7-11-20-8-2-1-3-9-20)17-22-12-4-5-14-25(22)33-19-21-10-6-13-24(16-21)29(31)32/h1-6,8-10,12-14,16-17H,7,11,15,19H2,(H,28,30)/b23-17-. The molecule has 0 heterocycles. The van der Waals surface area contributed by atoms with Gasteiger partial charge in [0.25, 0.3) is 11.6 Å². The first-order valence-corrected chi connectivity index (χ1v) is 10.5. The number of amides is 1. The van der Waals surface area contributed by atoms with Crippen LogP contribution in [-0.4, -0.2) is 17.4 Å². The lowest BCUT2D eigenvalue weighted by atomic mass is 10.1. The molecule has 0 bridgehead atoms. The van der Waals surface area contributed by atoms with E-state index < -0.39 is 10.8 Å². The van der Waals surface area contributed by atoms with Crippen molar-refractivity contribution in [2.45, 2.75) is 19.4 Å². The van der Waals surface area contributed by atoms with Gasteiger partial charge in [0.05, 0.1) is 4.92 Å². The normalized spacial score (nSPS) is 10.8. The second kappa shape index (κ2) is 11.8. The Morgan fingerprint density at radius 1 is 1.03 bits per heavy atom. The molecule has 3 aromatic carbocycles. The lowest BCUT2D eigenvalue weighted by Crippen LogP contribution is -2.25. The molecular weight excluding hydrogens is 418 g/mol. The third-order valence-electron chi connectivity index (χ3n) is 4.87. The maximum Gasteiger partial charge on any atom is 0.269 e. The molecule has 1 N–H and O–H groups in total. The quantitative estimate of drug-likeness (QED) is 0.159. The zero-order chi connectivity index (χ0) is 23.5. The van der Waals surface area contributed by atoms with E-state index >= 15 is 0 Å². The molecule has 0 saturated carbocycles. The Balaban J connectivity index is 1.62. The summed E-state index contributed by atoms with van der Waals surface area (Å²) >= 11 is 0. The van der Waals surface area contributed by atoms with E-state index in [-0.39, 0.29) is 17.9 Å². The van der Waals surface area contributed by atoms with E-state index in [1.54, 1.807) is 36.4 Å². The molecule has 0 aromatic heterocycles. The van der Waals surface area contributed by atoms with Crippen LogP contribution in [-0.2, 0) is 17.8 Å². The van der Waals surface area contributed by atoms with Crippen molar-refractivity contribution in [3.8, 4) is 11.8 Å². The number of nitro benzene ring substituents is 1.